The van der Waals surface area contributed by atoms with Crippen LogP contribution >= 0.6 is 0 Å². The molecule has 2 N–H and O–H groups in total. The average Bonchev–Trinajstić information content (AvgIpc) is 1.98. The van der Waals surface area contributed by atoms with E-state index >= 15 is 0 Å². The van der Waals surface area contributed by atoms with Crippen molar-refractivity contribution >= 4 is 0 Å². The minimum atomic E-state index is -2.38. The molecule has 0 fully saturated rings. The van der Waals surface area contributed by atoms with Crippen LogP contribution in [0, 0.1) is 5.92 Å². The largest absolute Gasteiger partial charge is 0.395 e. The summed E-state index contributed by atoms with van der Waals surface area (Å²) in [5.74, 6) is 0.163. The first kappa shape index (κ1) is 11.8. The third kappa shape index (κ3) is 3.97. The second-order valence-corrected chi connectivity index (χ2v) is 3.32. The lowest BCUT2D eigenvalue weighted by Gasteiger charge is -2.24. The number of alkyl halides is 2. The maximum Gasteiger partial charge on any atom is 0.253 e. The molecule has 0 aromatic carbocycles. The third-order valence-electron chi connectivity index (χ3n) is 1.86. The molecular formula is C8H17F2NO. The third-order valence-corrected chi connectivity index (χ3v) is 1.86. The van der Waals surface area contributed by atoms with Crippen LogP contribution in [-0.2, 0) is 0 Å². The van der Waals surface area contributed by atoms with E-state index in [-0.39, 0.29) is 18.6 Å². The van der Waals surface area contributed by atoms with E-state index in [0.29, 0.717) is 0 Å². The Labute approximate surface area is 72.0 Å². The summed E-state index contributed by atoms with van der Waals surface area (Å²) in [7, 11) is 0. The maximum atomic E-state index is 12.0. The molecule has 0 aliphatic rings. The smallest absolute Gasteiger partial charge is 0.253 e. The summed E-state index contributed by atoms with van der Waals surface area (Å²) in [6, 6.07) is -1.10. The molecule has 0 radical (unpaired) electrons. The Morgan fingerprint density at radius 2 is 1.75 bits per heavy atom. The molecule has 4 heteroatoms. The Hall–Kier alpha value is -0.220. The molecule has 0 rings (SSSR count). The molecule has 0 aromatic heterocycles. The SMILES string of the molecule is CC(C)C(CO)NC(C)C(F)F. The highest BCUT2D eigenvalue weighted by Crippen LogP contribution is 2.06. The van der Waals surface area contributed by atoms with Gasteiger partial charge in [-0.1, -0.05) is 13.8 Å². The van der Waals surface area contributed by atoms with Gasteiger partial charge in [-0.25, -0.2) is 8.78 Å². The lowest BCUT2D eigenvalue weighted by Crippen LogP contribution is -2.45. The molecule has 0 aliphatic carbocycles. The normalized spacial score (nSPS) is 17.0. The Bertz CT molecular complexity index is 120. The van der Waals surface area contributed by atoms with Gasteiger partial charge in [0.15, 0.2) is 0 Å². The van der Waals surface area contributed by atoms with E-state index in [1.54, 1.807) is 0 Å². The summed E-state index contributed by atoms with van der Waals surface area (Å²) < 4.78 is 24.1. The van der Waals surface area contributed by atoms with E-state index in [1.807, 2.05) is 13.8 Å². The highest BCUT2D eigenvalue weighted by Gasteiger charge is 2.20. The molecule has 12 heavy (non-hydrogen) atoms. The number of hydrogen-bond donors (Lipinski definition) is 2. The molecule has 0 saturated carbocycles. The van der Waals surface area contributed by atoms with Gasteiger partial charge in [-0.3, -0.25) is 0 Å². The van der Waals surface area contributed by atoms with Crippen LogP contribution in [0.2, 0.25) is 0 Å². The zero-order chi connectivity index (χ0) is 9.72. The van der Waals surface area contributed by atoms with E-state index in [9.17, 15) is 8.78 Å². The zero-order valence-electron chi connectivity index (χ0n) is 7.72. The number of nitrogens with one attached hydrogen (secondary N) is 1. The number of halogens is 2. The molecule has 0 heterocycles. The summed E-state index contributed by atoms with van der Waals surface area (Å²) in [4.78, 5) is 0. The predicted molar refractivity (Wildman–Crippen MR) is 44.3 cm³/mol. The van der Waals surface area contributed by atoms with Gasteiger partial charge in [-0.15, -0.1) is 0 Å². The summed E-state index contributed by atoms with van der Waals surface area (Å²) in [6.45, 7) is 5.07. The Morgan fingerprint density at radius 3 is 2.00 bits per heavy atom. The van der Waals surface area contributed by atoms with Crippen molar-refractivity contribution < 1.29 is 13.9 Å². The van der Waals surface area contributed by atoms with Crippen molar-refractivity contribution in [2.24, 2.45) is 5.92 Å². The van der Waals surface area contributed by atoms with E-state index in [0.717, 1.165) is 0 Å². The van der Waals surface area contributed by atoms with Gasteiger partial charge in [0.05, 0.1) is 12.6 Å². The lowest BCUT2D eigenvalue weighted by atomic mass is 10.0. The van der Waals surface area contributed by atoms with Crippen LogP contribution in [0.15, 0.2) is 0 Å². The topological polar surface area (TPSA) is 32.3 Å². The quantitative estimate of drug-likeness (QED) is 0.669. The number of hydrogen-bond acceptors (Lipinski definition) is 2. The van der Waals surface area contributed by atoms with Crippen LogP contribution in [0.4, 0.5) is 8.78 Å². The predicted octanol–water partition coefficient (Wildman–Crippen LogP) is 1.25. The van der Waals surface area contributed by atoms with Crippen LogP contribution in [0.3, 0.4) is 0 Å². The van der Waals surface area contributed by atoms with Crippen molar-refractivity contribution in [2.45, 2.75) is 39.3 Å². The zero-order valence-corrected chi connectivity index (χ0v) is 7.72. The van der Waals surface area contributed by atoms with Crippen LogP contribution in [0.25, 0.3) is 0 Å². The van der Waals surface area contributed by atoms with E-state index in [2.05, 4.69) is 5.32 Å². The van der Waals surface area contributed by atoms with Gasteiger partial charge in [0.1, 0.15) is 0 Å². The Balaban J connectivity index is 3.85. The van der Waals surface area contributed by atoms with Crippen LogP contribution in [0.1, 0.15) is 20.8 Å². The summed E-state index contributed by atoms with van der Waals surface area (Å²) in [5, 5.41) is 11.5. The van der Waals surface area contributed by atoms with E-state index in [1.165, 1.54) is 6.92 Å². The Kier molecular flexibility index (Phi) is 5.33. The highest BCUT2D eigenvalue weighted by molar-refractivity contribution is 4.74. The fourth-order valence-corrected chi connectivity index (χ4v) is 0.866. The molecule has 74 valence electrons. The fourth-order valence-electron chi connectivity index (χ4n) is 0.866. The van der Waals surface area contributed by atoms with Crippen molar-refractivity contribution in [1.29, 1.82) is 0 Å². The molecule has 0 bridgehead atoms. The van der Waals surface area contributed by atoms with E-state index < -0.39 is 12.5 Å². The van der Waals surface area contributed by atoms with Crippen molar-refractivity contribution in [2.75, 3.05) is 6.61 Å². The molecule has 0 spiro atoms. The molecule has 0 amide bonds. The minimum absolute atomic E-state index is 0.102. The number of aliphatic hydroxyl groups excluding tert-OH is 1. The number of rotatable bonds is 5. The second kappa shape index (κ2) is 5.43. The monoisotopic (exact) mass is 181 g/mol. The standard InChI is InChI=1S/C8H17F2NO/c1-5(2)7(4-12)11-6(3)8(9)10/h5-8,11-12H,4H2,1-3H3. The first-order chi connectivity index (χ1) is 5.49. The molecule has 2 unspecified atom stereocenters. The average molecular weight is 181 g/mol. The first-order valence-electron chi connectivity index (χ1n) is 4.14. The van der Waals surface area contributed by atoms with Gasteiger partial charge in [-0.05, 0) is 12.8 Å². The number of aliphatic hydroxyl groups is 1. The molecule has 0 aromatic rings. The van der Waals surface area contributed by atoms with Gasteiger partial charge in [0, 0.05) is 6.04 Å². The summed E-state index contributed by atoms with van der Waals surface area (Å²) >= 11 is 0. The molecule has 2 nitrogen and oxygen atoms in total. The van der Waals surface area contributed by atoms with Gasteiger partial charge < -0.3 is 10.4 Å². The van der Waals surface area contributed by atoms with Gasteiger partial charge in [-0.2, -0.15) is 0 Å². The van der Waals surface area contributed by atoms with Gasteiger partial charge in [0.2, 0.25) is 0 Å². The lowest BCUT2D eigenvalue weighted by molar-refractivity contribution is 0.0862. The van der Waals surface area contributed by atoms with Crippen molar-refractivity contribution in [3.05, 3.63) is 0 Å². The van der Waals surface area contributed by atoms with E-state index in [4.69, 9.17) is 5.11 Å². The van der Waals surface area contributed by atoms with Crippen molar-refractivity contribution in [3.63, 3.8) is 0 Å². The Morgan fingerprint density at radius 1 is 1.25 bits per heavy atom. The van der Waals surface area contributed by atoms with Gasteiger partial charge in [0.25, 0.3) is 6.43 Å². The molecule has 0 aliphatic heterocycles. The van der Waals surface area contributed by atoms with Crippen LogP contribution in [-0.4, -0.2) is 30.2 Å². The highest BCUT2D eigenvalue weighted by atomic mass is 19.3. The maximum absolute atomic E-state index is 12.0. The van der Waals surface area contributed by atoms with Crippen molar-refractivity contribution in [3.8, 4) is 0 Å². The van der Waals surface area contributed by atoms with Crippen LogP contribution in [0.5, 0.6) is 0 Å². The summed E-state index contributed by atoms with van der Waals surface area (Å²) in [5.41, 5.74) is 0. The molecule has 2 atom stereocenters. The van der Waals surface area contributed by atoms with Crippen LogP contribution < -0.4 is 5.32 Å². The fraction of sp³-hybridized carbons (Fsp3) is 1.00. The van der Waals surface area contributed by atoms with Crippen molar-refractivity contribution in [1.82, 2.24) is 5.32 Å². The summed E-state index contributed by atoms with van der Waals surface area (Å²) in [6.07, 6.45) is -2.38. The molecular weight excluding hydrogens is 164 g/mol. The minimum Gasteiger partial charge on any atom is -0.395 e. The molecule has 0 saturated heterocycles. The first-order valence-corrected chi connectivity index (χ1v) is 4.14. The van der Waals surface area contributed by atoms with Gasteiger partial charge >= 0.3 is 0 Å². The second-order valence-electron chi connectivity index (χ2n) is 3.32.